The Morgan fingerprint density at radius 1 is 1.35 bits per heavy atom. The van der Waals surface area contributed by atoms with Crippen LogP contribution in [0.25, 0.3) is 10.9 Å². The Bertz CT molecular complexity index is 735. The van der Waals surface area contributed by atoms with Gasteiger partial charge in [0, 0.05) is 25.1 Å². The second-order valence-corrected chi connectivity index (χ2v) is 6.34. The van der Waals surface area contributed by atoms with E-state index in [1.807, 2.05) is 6.07 Å². The summed E-state index contributed by atoms with van der Waals surface area (Å²) in [4.78, 5) is 18.2. The number of hydrogen-bond acceptors (Lipinski definition) is 4. The molecule has 0 spiro atoms. The van der Waals surface area contributed by atoms with Gasteiger partial charge in [0.05, 0.1) is 16.1 Å². The third kappa shape index (κ3) is 3.26. The molecule has 6 heteroatoms. The molecule has 2 aromatic rings. The Morgan fingerprint density at radius 2 is 2.17 bits per heavy atom. The first kappa shape index (κ1) is 16.0. The van der Waals surface area contributed by atoms with Crippen molar-refractivity contribution in [1.29, 1.82) is 0 Å². The summed E-state index contributed by atoms with van der Waals surface area (Å²) in [5.41, 5.74) is 0.744. The van der Waals surface area contributed by atoms with Crippen molar-refractivity contribution in [3.63, 3.8) is 0 Å². The van der Waals surface area contributed by atoms with E-state index < -0.39 is 5.97 Å². The molecule has 122 valence electrons. The number of carbonyl (C=O) groups is 1. The molecule has 1 aromatic carbocycles. The van der Waals surface area contributed by atoms with Gasteiger partial charge >= 0.3 is 5.97 Å². The maximum Gasteiger partial charge on any atom is 0.337 e. The highest BCUT2D eigenvalue weighted by Crippen LogP contribution is 2.30. The van der Waals surface area contributed by atoms with Crippen LogP contribution in [0.3, 0.4) is 0 Å². The normalized spacial score (nSPS) is 17.8. The van der Waals surface area contributed by atoms with Crippen molar-refractivity contribution in [2.75, 3.05) is 24.6 Å². The van der Waals surface area contributed by atoms with Gasteiger partial charge in [-0.25, -0.2) is 9.78 Å². The van der Waals surface area contributed by atoms with E-state index in [-0.39, 0.29) is 17.2 Å². The fraction of sp³-hybridized carbons (Fsp3) is 0.412. The molecule has 0 aliphatic carbocycles. The topological polar surface area (TPSA) is 73.7 Å². The molecular weight excluding hydrogens is 316 g/mol. The van der Waals surface area contributed by atoms with Crippen LogP contribution in [0.2, 0.25) is 5.02 Å². The molecular formula is C17H19ClN2O3. The number of aliphatic hydroxyl groups is 1. The standard InChI is InChI=1S/C17H19ClN2O3/c18-13-4-5-14-12(16(13)17(22)23)3-6-15(19-14)20-8-7-11(10-20)2-1-9-21/h3-6,11,21H,1-2,7-10H2,(H,22,23)/t11-/m1/s1. The molecule has 0 saturated carbocycles. The van der Waals surface area contributed by atoms with Crippen LogP contribution < -0.4 is 4.90 Å². The van der Waals surface area contributed by atoms with Crippen molar-refractivity contribution in [1.82, 2.24) is 4.98 Å². The van der Waals surface area contributed by atoms with Gasteiger partial charge in [0.25, 0.3) is 0 Å². The molecule has 1 atom stereocenters. The molecule has 0 unspecified atom stereocenters. The summed E-state index contributed by atoms with van der Waals surface area (Å²) < 4.78 is 0. The number of benzene rings is 1. The van der Waals surface area contributed by atoms with Crippen molar-refractivity contribution in [2.45, 2.75) is 19.3 Å². The van der Waals surface area contributed by atoms with Crippen molar-refractivity contribution in [3.8, 4) is 0 Å². The number of aromatic nitrogens is 1. The number of rotatable bonds is 5. The molecule has 1 saturated heterocycles. The van der Waals surface area contributed by atoms with Gasteiger partial charge in [0.15, 0.2) is 0 Å². The highest BCUT2D eigenvalue weighted by Gasteiger charge is 2.23. The average molecular weight is 335 g/mol. The molecule has 1 aliphatic heterocycles. The largest absolute Gasteiger partial charge is 0.478 e. The molecule has 1 aliphatic rings. The van der Waals surface area contributed by atoms with Gasteiger partial charge in [0.2, 0.25) is 0 Å². The lowest BCUT2D eigenvalue weighted by Gasteiger charge is -2.18. The minimum Gasteiger partial charge on any atom is -0.478 e. The zero-order valence-corrected chi connectivity index (χ0v) is 13.5. The zero-order valence-electron chi connectivity index (χ0n) is 12.7. The van der Waals surface area contributed by atoms with E-state index >= 15 is 0 Å². The Morgan fingerprint density at radius 3 is 2.91 bits per heavy atom. The summed E-state index contributed by atoms with van der Waals surface area (Å²) in [6, 6.07) is 6.98. The van der Waals surface area contributed by atoms with Crippen molar-refractivity contribution < 1.29 is 15.0 Å². The van der Waals surface area contributed by atoms with E-state index in [1.54, 1.807) is 18.2 Å². The molecule has 0 bridgehead atoms. The maximum absolute atomic E-state index is 11.4. The Kier molecular flexibility index (Phi) is 4.68. The van der Waals surface area contributed by atoms with Crippen molar-refractivity contribution >= 4 is 34.3 Å². The van der Waals surface area contributed by atoms with Gasteiger partial charge in [-0.05, 0) is 49.4 Å². The fourth-order valence-electron chi connectivity index (χ4n) is 3.22. The number of carboxylic acids is 1. The van der Waals surface area contributed by atoms with Crippen LogP contribution in [0.5, 0.6) is 0 Å². The number of anilines is 1. The number of fused-ring (bicyclic) bond motifs is 1. The third-order valence-electron chi connectivity index (χ3n) is 4.40. The Hall–Kier alpha value is -1.85. The van der Waals surface area contributed by atoms with Gasteiger partial charge in [-0.2, -0.15) is 0 Å². The van der Waals surface area contributed by atoms with E-state index in [2.05, 4.69) is 9.88 Å². The number of carboxylic acid groups (broad SMARTS) is 1. The van der Waals surface area contributed by atoms with E-state index in [0.29, 0.717) is 16.8 Å². The molecule has 0 amide bonds. The second kappa shape index (κ2) is 6.72. The first-order valence-electron chi connectivity index (χ1n) is 7.78. The predicted molar refractivity (Wildman–Crippen MR) is 90.4 cm³/mol. The fourth-order valence-corrected chi connectivity index (χ4v) is 3.46. The van der Waals surface area contributed by atoms with Gasteiger partial charge in [-0.15, -0.1) is 0 Å². The SMILES string of the molecule is O=C(O)c1c(Cl)ccc2nc(N3CC[C@@H](CCCO)C3)ccc12. The number of aliphatic hydroxyl groups excluding tert-OH is 1. The van der Waals surface area contributed by atoms with Crippen LogP contribution in [-0.2, 0) is 0 Å². The van der Waals surface area contributed by atoms with Crippen LogP contribution >= 0.6 is 11.6 Å². The lowest BCUT2D eigenvalue weighted by Crippen LogP contribution is -2.20. The zero-order chi connectivity index (χ0) is 16.4. The molecule has 1 fully saturated rings. The quantitative estimate of drug-likeness (QED) is 0.878. The van der Waals surface area contributed by atoms with Crippen molar-refractivity contribution in [2.24, 2.45) is 5.92 Å². The molecule has 3 rings (SSSR count). The third-order valence-corrected chi connectivity index (χ3v) is 4.71. The van der Waals surface area contributed by atoms with Crippen LogP contribution in [0.15, 0.2) is 24.3 Å². The minimum atomic E-state index is -1.04. The number of pyridine rings is 1. The predicted octanol–water partition coefficient (Wildman–Crippen LogP) is 3.19. The summed E-state index contributed by atoms with van der Waals surface area (Å²) >= 11 is 5.99. The lowest BCUT2D eigenvalue weighted by atomic mass is 10.0. The first-order chi connectivity index (χ1) is 11.1. The highest BCUT2D eigenvalue weighted by molar-refractivity contribution is 6.35. The number of halogens is 1. The molecule has 1 aromatic heterocycles. The monoisotopic (exact) mass is 334 g/mol. The van der Waals surface area contributed by atoms with E-state index in [1.165, 1.54) is 0 Å². The number of aromatic carboxylic acids is 1. The highest BCUT2D eigenvalue weighted by atomic mass is 35.5. The maximum atomic E-state index is 11.4. The molecule has 5 nitrogen and oxygen atoms in total. The van der Waals surface area contributed by atoms with Crippen LogP contribution in [0.4, 0.5) is 5.82 Å². The number of nitrogens with zero attached hydrogens (tertiary/aromatic N) is 2. The lowest BCUT2D eigenvalue weighted by molar-refractivity contribution is 0.0699. The summed E-state index contributed by atoms with van der Waals surface area (Å²) in [5, 5.41) is 19.0. The van der Waals surface area contributed by atoms with Gasteiger partial charge in [-0.1, -0.05) is 11.6 Å². The molecule has 2 heterocycles. The number of hydrogen-bond donors (Lipinski definition) is 2. The van der Waals surface area contributed by atoms with Crippen LogP contribution in [0.1, 0.15) is 29.6 Å². The molecule has 2 N–H and O–H groups in total. The van der Waals surface area contributed by atoms with E-state index in [9.17, 15) is 9.90 Å². The summed E-state index contributed by atoms with van der Waals surface area (Å²) in [7, 11) is 0. The van der Waals surface area contributed by atoms with Crippen LogP contribution in [-0.4, -0.2) is 40.9 Å². The van der Waals surface area contributed by atoms with Crippen LogP contribution in [0, 0.1) is 5.92 Å². The first-order valence-corrected chi connectivity index (χ1v) is 8.16. The van der Waals surface area contributed by atoms with Crippen molar-refractivity contribution in [3.05, 3.63) is 34.9 Å². The second-order valence-electron chi connectivity index (χ2n) is 5.93. The van der Waals surface area contributed by atoms with E-state index in [0.717, 1.165) is 38.2 Å². The molecule has 0 radical (unpaired) electrons. The summed E-state index contributed by atoms with van der Waals surface area (Å²) in [5.74, 6) is 0.405. The van der Waals surface area contributed by atoms with Gasteiger partial charge in [-0.3, -0.25) is 0 Å². The summed E-state index contributed by atoms with van der Waals surface area (Å²) in [6.07, 6.45) is 2.96. The van der Waals surface area contributed by atoms with Gasteiger partial charge in [0.1, 0.15) is 5.82 Å². The average Bonchev–Trinajstić information content (AvgIpc) is 3.00. The Labute approximate surface area is 139 Å². The molecule has 23 heavy (non-hydrogen) atoms. The van der Waals surface area contributed by atoms with Gasteiger partial charge < -0.3 is 15.1 Å². The minimum absolute atomic E-state index is 0.102. The van der Waals surface area contributed by atoms with E-state index in [4.69, 9.17) is 16.7 Å². The summed E-state index contributed by atoms with van der Waals surface area (Å²) in [6.45, 7) is 2.11. The smallest absolute Gasteiger partial charge is 0.337 e. The Balaban J connectivity index is 1.87.